The number of anilines is 1. The van der Waals surface area contributed by atoms with Crippen molar-refractivity contribution in [2.75, 3.05) is 18.4 Å². The van der Waals surface area contributed by atoms with Gasteiger partial charge in [0.15, 0.2) is 0 Å². The highest BCUT2D eigenvalue weighted by Gasteiger charge is 2.58. The lowest BCUT2D eigenvalue weighted by Crippen LogP contribution is -2.55. The van der Waals surface area contributed by atoms with Crippen LogP contribution < -0.4 is 11.1 Å². The molecule has 3 heterocycles. The second-order valence-corrected chi connectivity index (χ2v) is 11.7. The molecule has 0 saturated carbocycles. The molecule has 3 aliphatic rings. The highest BCUT2D eigenvalue weighted by Crippen LogP contribution is 2.47. The van der Waals surface area contributed by atoms with Gasteiger partial charge in [0.05, 0.1) is 5.41 Å². The molecule has 0 aromatic heterocycles. The zero-order valence-corrected chi connectivity index (χ0v) is 23.7. The summed E-state index contributed by atoms with van der Waals surface area (Å²) >= 11 is 0. The van der Waals surface area contributed by atoms with Crippen LogP contribution in [0.4, 0.5) is 10.5 Å². The minimum atomic E-state index is -1.10. The zero-order valence-electron chi connectivity index (χ0n) is 23.7. The van der Waals surface area contributed by atoms with Gasteiger partial charge >= 0.3 is 6.09 Å². The van der Waals surface area contributed by atoms with E-state index in [1.165, 1.54) is 9.80 Å². The molecule has 41 heavy (non-hydrogen) atoms. The van der Waals surface area contributed by atoms with Crippen LogP contribution in [-0.2, 0) is 31.1 Å². The molecule has 1 fully saturated rings. The molecular formula is C32H38N4O5. The first-order chi connectivity index (χ1) is 19.7. The SMILES string of the molecule is CC(C)C[C@H]1C(=O)N2C[C@]3(C[C@H]2C(N)=O)C(=O)Nc2ccc(cc23)/C=C\CCCCN1C(=O)OCc1ccccc1. The van der Waals surface area contributed by atoms with Crippen molar-refractivity contribution in [2.45, 2.75) is 70.1 Å². The number of hydrogen-bond acceptors (Lipinski definition) is 5. The van der Waals surface area contributed by atoms with Crippen LogP contribution >= 0.6 is 0 Å². The number of fused-ring (bicyclic) bond motifs is 2. The van der Waals surface area contributed by atoms with Crippen LogP contribution in [-0.4, -0.2) is 58.8 Å². The summed E-state index contributed by atoms with van der Waals surface area (Å²) in [6.45, 7) is 4.38. The van der Waals surface area contributed by atoms with Crippen LogP contribution in [0.3, 0.4) is 0 Å². The summed E-state index contributed by atoms with van der Waals surface area (Å²) < 4.78 is 5.71. The molecule has 9 heteroatoms. The van der Waals surface area contributed by atoms with Crippen LogP contribution in [0.5, 0.6) is 0 Å². The van der Waals surface area contributed by atoms with E-state index >= 15 is 0 Å². The maximum atomic E-state index is 14.4. The molecule has 3 N–H and O–H groups in total. The first kappa shape index (κ1) is 28.4. The lowest BCUT2D eigenvalue weighted by molar-refractivity contribution is -0.142. The Bertz CT molecular complexity index is 1360. The number of primary amides is 1. The summed E-state index contributed by atoms with van der Waals surface area (Å²) in [7, 11) is 0. The molecule has 5 rings (SSSR count). The average Bonchev–Trinajstić information content (AvgIpc) is 3.48. The third-order valence-electron chi connectivity index (χ3n) is 8.34. The van der Waals surface area contributed by atoms with Gasteiger partial charge in [-0.2, -0.15) is 0 Å². The summed E-state index contributed by atoms with van der Waals surface area (Å²) in [5.41, 5.74) is 7.99. The van der Waals surface area contributed by atoms with Crippen molar-refractivity contribution in [3.63, 3.8) is 0 Å². The number of nitrogens with two attached hydrogens (primary N) is 1. The van der Waals surface area contributed by atoms with E-state index in [1.807, 2.05) is 68.5 Å². The number of ether oxygens (including phenoxy) is 1. The van der Waals surface area contributed by atoms with Crippen LogP contribution in [0.15, 0.2) is 54.6 Å². The number of nitrogens with zero attached hydrogens (tertiary/aromatic N) is 2. The first-order valence-electron chi connectivity index (χ1n) is 14.4. The lowest BCUT2D eigenvalue weighted by atomic mass is 9.79. The van der Waals surface area contributed by atoms with Crippen molar-refractivity contribution in [3.05, 3.63) is 71.3 Å². The van der Waals surface area contributed by atoms with Gasteiger partial charge in [-0.05, 0) is 66.8 Å². The van der Waals surface area contributed by atoms with Gasteiger partial charge < -0.3 is 20.7 Å². The van der Waals surface area contributed by atoms with Crippen molar-refractivity contribution >= 4 is 35.6 Å². The van der Waals surface area contributed by atoms with Gasteiger partial charge in [0.2, 0.25) is 17.7 Å². The molecule has 4 bridgehead atoms. The highest BCUT2D eigenvalue weighted by atomic mass is 16.6. The molecule has 0 radical (unpaired) electrons. The fourth-order valence-electron chi connectivity index (χ4n) is 6.23. The predicted octanol–water partition coefficient (Wildman–Crippen LogP) is 4.21. The van der Waals surface area contributed by atoms with Gasteiger partial charge in [-0.25, -0.2) is 4.79 Å². The standard InChI is InChI=1S/C32H38N4O5/c1-21(2)16-26-29(38)36-20-32(18-27(36)28(33)37)24-17-22(13-14-25(24)34-30(32)39)10-6-3-4-9-15-35(26)31(40)41-19-23-11-7-5-8-12-23/h5-8,10-14,17,21,26-27H,3-4,9,15-16,18-20H2,1-2H3,(H2,33,37)(H,34,39)/b10-6-/t26-,27-,32-/m0/s1. The van der Waals surface area contributed by atoms with Gasteiger partial charge in [-0.3, -0.25) is 19.3 Å². The van der Waals surface area contributed by atoms with E-state index in [0.29, 0.717) is 25.1 Å². The number of hydrogen-bond donors (Lipinski definition) is 2. The Morgan fingerprint density at radius 3 is 2.63 bits per heavy atom. The second-order valence-electron chi connectivity index (χ2n) is 11.7. The third kappa shape index (κ3) is 5.71. The molecule has 1 spiro atoms. The van der Waals surface area contributed by atoms with Crippen molar-refractivity contribution in [1.29, 1.82) is 0 Å². The summed E-state index contributed by atoms with van der Waals surface area (Å²) in [5.74, 6) is -1.24. The normalized spacial score (nSPS) is 25.0. The lowest BCUT2D eigenvalue weighted by Gasteiger charge is -2.35. The number of rotatable bonds is 5. The first-order valence-corrected chi connectivity index (χ1v) is 14.4. The molecule has 216 valence electrons. The van der Waals surface area contributed by atoms with Crippen molar-refractivity contribution in [1.82, 2.24) is 9.80 Å². The number of carbonyl (C=O) groups is 4. The van der Waals surface area contributed by atoms with E-state index in [2.05, 4.69) is 11.4 Å². The molecule has 1 saturated heterocycles. The largest absolute Gasteiger partial charge is 0.445 e. The Hall–Kier alpha value is -4.14. The van der Waals surface area contributed by atoms with Crippen LogP contribution in [0.25, 0.3) is 6.08 Å². The molecule has 4 amide bonds. The smallest absolute Gasteiger partial charge is 0.410 e. The molecule has 0 aliphatic carbocycles. The van der Waals surface area contributed by atoms with Gasteiger partial charge in [0.1, 0.15) is 18.7 Å². The Kier molecular flexibility index (Phi) is 8.15. The summed E-state index contributed by atoms with van der Waals surface area (Å²) in [6, 6.07) is 13.3. The van der Waals surface area contributed by atoms with Gasteiger partial charge in [-0.1, -0.05) is 62.4 Å². The second kappa shape index (κ2) is 11.8. The maximum Gasteiger partial charge on any atom is 0.410 e. The van der Waals surface area contributed by atoms with E-state index in [9.17, 15) is 19.2 Å². The molecule has 3 atom stereocenters. The fourth-order valence-corrected chi connectivity index (χ4v) is 6.23. The molecule has 3 aliphatic heterocycles. The highest BCUT2D eigenvalue weighted by molar-refractivity contribution is 6.08. The summed E-state index contributed by atoms with van der Waals surface area (Å²) in [5, 5.41) is 2.95. The summed E-state index contributed by atoms with van der Waals surface area (Å²) in [4.78, 5) is 57.2. The minimum Gasteiger partial charge on any atom is -0.445 e. The zero-order chi connectivity index (χ0) is 29.1. The minimum absolute atomic E-state index is 0.00688. The predicted molar refractivity (Wildman–Crippen MR) is 156 cm³/mol. The van der Waals surface area contributed by atoms with Gasteiger partial charge in [0, 0.05) is 18.8 Å². The van der Waals surface area contributed by atoms with Gasteiger partial charge in [-0.15, -0.1) is 0 Å². The Labute approximate surface area is 240 Å². The molecular weight excluding hydrogens is 520 g/mol. The van der Waals surface area contributed by atoms with Crippen LogP contribution in [0.2, 0.25) is 0 Å². The average molecular weight is 559 g/mol. The summed E-state index contributed by atoms with van der Waals surface area (Å²) in [6.07, 6.45) is 6.27. The van der Waals surface area contributed by atoms with Crippen molar-refractivity contribution < 1.29 is 23.9 Å². The molecule has 0 unspecified atom stereocenters. The van der Waals surface area contributed by atoms with Crippen molar-refractivity contribution in [2.24, 2.45) is 11.7 Å². The monoisotopic (exact) mass is 558 g/mol. The quantitative estimate of drug-likeness (QED) is 0.569. The number of nitrogens with one attached hydrogen (secondary N) is 1. The number of benzene rings is 2. The van der Waals surface area contributed by atoms with E-state index < -0.39 is 29.5 Å². The fraction of sp³-hybridized carbons (Fsp3) is 0.438. The topological polar surface area (TPSA) is 122 Å². The molecule has 2 aromatic carbocycles. The number of amides is 4. The van der Waals surface area contributed by atoms with Gasteiger partial charge in [0.25, 0.3) is 0 Å². The Morgan fingerprint density at radius 1 is 1.12 bits per heavy atom. The van der Waals surface area contributed by atoms with Crippen LogP contribution in [0, 0.1) is 5.92 Å². The number of carbonyl (C=O) groups excluding carboxylic acids is 4. The molecule has 9 nitrogen and oxygen atoms in total. The Balaban J connectivity index is 1.53. The van der Waals surface area contributed by atoms with E-state index in [-0.39, 0.29) is 37.3 Å². The van der Waals surface area contributed by atoms with E-state index in [0.717, 1.165) is 29.5 Å². The van der Waals surface area contributed by atoms with E-state index in [1.54, 1.807) is 0 Å². The molecule has 2 aromatic rings. The number of allylic oxidation sites excluding steroid dienone is 1. The third-order valence-corrected chi connectivity index (χ3v) is 8.34. The van der Waals surface area contributed by atoms with E-state index in [4.69, 9.17) is 10.5 Å². The Morgan fingerprint density at radius 2 is 1.90 bits per heavy atom. The van der Waals surface area contributed by atoms with Crippen molar-refractivity contribution in [3.8, 4) is 0 Å². The maximum absolute atomic E-state index is 14.4. The van der Waals surface area contributed by atoms with Crippen LogP contribution in [0.1, 0.15) is 62.6 Å².